The Bertz CT molecular complexity index is 755. The predicted molar refractivity (Wildman–Crippen MR) is 79.8 cm³/mol. The second-order valence-electron chi connectivity index (χ2n) is 4.30. The molecule has 0 heterocycles. The van der Waals surface area contributed by atoms with Gasteiger partial charge >= 0.3 is 11.9 Å². The van der Waals surface area contributed by atoms with E-state index in [0.717, 1.165) is 6.07 Å². The Balaban J connectivity index is 2.39. The summed E-state index contributed by atoms with van der Waals surface area (Å²) in [6.07, 6.45) is 0. The second kappa shape index (κ2) is 6.28. The topological polar surface area (TPSA) is 104 Å². The van der Waals surface area contributed by atoms with Gasteiger partial charge < -0.3 is 15.5 Å². The summed E-state index contributed by atoms with van der Waals surface area (Å²) in [6.45, 7) is 0. The van der Waals surface area contributed by atoms with Gasteiger partial charge in [-0.15, -0.1) is 0 Å². The predicted octanol–water partition coefficient (Wildman–Crippen LogP) is 2.99. The van der Waals surface area contributed by atoms with Gasteiger partial charge in [0.05, 0.1) is 16.8 Å². The Morgan fingerprint density at radius 1 is 0.909 bits per heavy atom. The third kappa shape index (κ3) is 3.24. The van der Waals surface area contributed by atoms with Crippen molar-refractivity contribution >= 4 is 35.1 Å². The molecular formula is C15H10ClNO5. The van der Waals surface area contributed by atoms with Crippen molar-refractivity contribution in [2.24, 2.45) is 0 Å². The molecular weight excluding hydrogens is 310 g/mol. The summed E-state index contributed by atoms with van der Waals surface area (Å²) in [7, 11) is 0. The van der Waals surface area contributed by atoms with Crippen molar-refractivity contribution in [3.05, 3.63) is 64.2 Å². The molecule has 0 atom stereocenters. The molecule has 2 aromatic carbocycles. The zero-order valence-electron chi connectivity index (χ0n) is 11.0. The molecule has 22 heavy (non-hydrogen) atoms. The number of amides is 1. The normalized spacial score (nSPS) is 10.0. The Morgan fingerprint density at radius 3 is 2.09 bits per heavy atom. The lowest BCUT2D eigenvalue weighted by Crippen LogP contribution is -2.17. The van der Waals surface area contributed by atoms with Gasteiger partial charge in [-0.25, -0.2) is 9.59 Å². The molecule has 2 rings (SSSR count). The zero-order chi connectivity index (χ0) is 16.3. The van der Waals surface area contributed by atoms with Crippen LogP contribution in [0, 0.1) is 0 Å². The molecule has 0 aliphatic rings. The third-order valence-electron chi connectivity index (χ3n) is 2.86. The molecule has 7 heteroatoms. The first-order chi connectivity index (χ1) is 10.4. The van der Waals surface area contributed by atoms with Crippen LogP contribution in [0.3, 0.4) is 0 Å². The molecule has 0 aliphatic heterocycles. The van der Waals surface area contributed by atoms with Crippen molar-refractivity contribution in [2.45, 2.75) is 0 Å². The first-order valence-corrected chi connectivity index (χ1v) is 6.44. The fourth-order valence-corrected chi connectivity index (χ4v) is 1.99. The molecule has 3 N–H and O–H groups in total. The van der Waals surface area contributed by atoms with E-state index in [1.54, 1.807) is 0 Å². The van der Waals surface area contributed by atoms with E-state index in [9.17, 15) is 19.5 Å². The summed E-state index contributed by atoms with van der Waals surface area (Å²) in [6, 6.07) is 9.81. The Hall–Kier alpha value is -2.86. The molecule has 112 valence electrons. The Labute approximate surface area is 130 Å². The quantitative estimate of drug-likeness (QED) is 0.803. The minimum atomic E-state index is -1.44. The molecule has 0 fully saturated rings. The van der Waals surface area contributed by atoms with E-state index in [2.05, 4.69) is 5.32 Å². The van der Waals surface area contributed by atoms with Crippen LogP contribution >= 0.6 is 11.6 Å². The minimum absolute atomic E-state index is 0.0904. The van der Waals surface area contributed by atoms with Crippen LogP contribution in [0.4, 0.5) is 5.69 Å². The zero-order valence-corrected chi connectivity index (χ0v) is 11.8. The fraction of sp³-hybridized carbons (Fsp3) is 0. The van der Waals surface area contributed by atoms with Crippen molar-refractivity contribution in [2.75, 3.05) is 5.32 Å². The average molecular weight is 320 g/mol. The number of halogens is 1. The molecule has 0 saturated heterocycles. The van der Waals surface area contributed by atoms with Gasteiger partial charge in [0.15, 0.2) is 0 Å². The van der Waals surface area contributed by atoms with E-state index < -0.39 is 29.0 Å². The standard InChI is InChI=1S/C15H10ClNO5/c16-9-6-4-8(5-7-9)13(18)17-11-3-1-2-10(14(19)20)12(11)15(21)22/h1-7H,(H,17,18)(H,19,20)(H,21,22). The van der Waals surface area contributed by atoms with Crippen molar-refractivity contribution in [3.63, 3.8) is 0 Å². The number of hydrogen-bond donors (Lipinski definition) is 3. The molecule has 0 unspecified atom stereocenters. The van der Waals surface area contributed by atoms with Crippen LogP contribution in [0.5, 0.6) is 0 Å². The number of aromatic carboxylic acids is 2. The summed E-state index contributed by atoms with van der Waals surface area (Å²) in [4.78, 5) is 34.4. The van der Waals surface area contributed by atoms with E-state index in [0.29, 0.717) is 5.02 Å². The molecule has 2 aromatic rings. The van der Waals surface area contributed by atoms with Gasteiger partial charge in [0.25, 0.3) is 5.91 Å². The maximum absolute atomic E-state index is 12.1. The number of benzene rings is 2. The molecule has 0 aliphatic carbocycles. The lowest BCUT2D eigenvalue weighted by Gasteiger charge is -2.10. The number of carbonyl (C=O) groups excluding carboxylic acids is 1. The fourth-order valence-electron chi connectivity index (χ4n) is 1.86. The highest BCUT2D eigenvalue weighted by atomic mass is 35.5. The van der Waals surface area contributed by atoms with Crippen molar-refractivity contribution in [3.8, 4) is 0 Å². The smallest absolute Gasteiger partial charge is 0.338 e. The number of rotatable bonds is 4. The van der Waals surface area contributed by atoms with Gasteiger partial charge in [-0.05, 0) is 36.4 Å². The summed E-state index contributed by atoms with van der Waals surface area (Å²) in [5, 5.41) is 21.1. The summed E-state index contributed by atoms with van der Waals surface area (Å²) >= 11 is 5.72. The van der Waals surface area contributed by atoms with Crippen LogP contribution in [0.1, 0.15) is 31.1 Å². The highest BCUT2D eigenvalue weighted by Gasteiger charge is 2.21. The Kier molecular flexibility index (Phi) is 4.43. The summed E-state index contributed by atoms with van der Waals surface area (Å²) < 4.78 is 0. The monoisotopic (exact) mass is 319 g/mol. The molecule has 0 aromatic heterocycles. The van der Waals surface area contributed by atoms with Gasteiger partial charge in [0, 0.05) is 10.6 Å². The van der Waals surface area contributed by atoms with E-state index in [4.69, 9.17) is 16.7 Å². The third-order valence-corrected chi connectivity index (χ3v) is 3.12. The lowest BCUT2D eigenvalue weighted by atomic mass is 10.0. The number of carboxylic acid groups (broad SMARTS) is 2. The van der Waals surface area contributed by atoms with Gasteiger partial charge in [0.2, 0.25) is 0 Å². The van der Waals surface area contributed by atoms with Gasteiger partial charge in [-0.1, -0.05) is 17.7 Å². The molecule has 0 bridgehead atoms. The Morgan fingerprint density at radius 2 is 1.55 bits per heavy atom. The van der Waals surface area contributed by atoms with Crippen molar-refractivity contribution in [1.82, 2.24) is 0 Å². The van der Waals surface area contributed by atoms with E-state index in [1.165, 1.54) is 36.4 Å². The van der Waals surface area contributed by atoms with Gasteiger partial charge in [0.1, 0.15) is 0 Å². The maximum atomic E-state index is 12.1. The van der Waals surface area contributed by atoms with Crippen molar-refractivity contribution < 1.29 is 24.6 Å². The number of carbonyl (C=O) groups is 3. The van der Waals surface area contributed by atoms with E-state index >= 15 is 0 Å². The van der Waals surface area contributed by atoms with Crippen LogP contribution in [0.25, 0.3) is 0 Å². The number of nitrogens with one attached hydrogen (secondary N) is 1. The number of carboxylic acids is 2. The van der Waals surface area contributed by atoms with E-state index in [-0.39, 0.29) is 11.3 Å². The first kappa shape index (κ1) is 15.5. The minimum Gasteiger partial charge on any atom is -0.478 e. The first-order valence-electron chi connectivity index (χ1n) is 6.06. The van der Waals surface area contributed by atoms with Gasteiger partial charge in [-0.2, -0.15) is 0 Å². The van der Waals surface area contributed by atoms with E-state index in [1.807, 2.05) is 0 Å². The average Bonchev–Trinajstić information content (AvgIpc) is 2.47. The number of hydrogen-bond acceptors (Lipinski definition) is 3. The molecule has 6 nitrogen and oxygen atoms in total. The van der Waals surface area contributed by atoms with Crippen molar-refractivity contribution in [1.29, 1.82) is 0 Å². The molecule has 0 radical (unpaired) electrons. The maximum Gasteiger partial charge on any atom is 0.338 e. The van der Waals surface area contributed by atoms with Gasteiger partial charge in [-0.3, -0.25) is 4.79 Å². The summed E-state index contributed by atoms with van der Waals surface area (Å²) in [5.74, 6) is -3.40. The SMILES string of the molecule is O=C(Nc1cccc(C(=O)O)c1C(=O)O)c1ccc(Cl)cc1. The number of anilines is 1. The molecule has 0 spiro atoms. The lowest BCUT2D eigenvalue weighted by molar-refractivity contribution is 0.0652. The molecule has 0 saturated carbocycles. The summed E-state index contributed by atoms with van der Waals surface area (Å²) in [5.41, 5.74) is -0.701. The van der Waals surface area contributed by atoms with Crippen LogP contribution in [0.2, 0.25) is 5.02 Å². The van der Waals surface area contributed by atoms with Crippen LogP contribution in [-0.4, -0.2) is 28.1 Å². The van der Waals surface area contributed by atoms with Crippen LogP contribution < -0.4 is 5.32 Å². The highest BCUT2D eigenvalue weighted by Crippen LogP contribution is 2.21. The van der Waals surface area contributed by atoms with Crippen LogP contribution in [-0.2, 0) is 0 Å². The highest BCUT2D eigenvalue weighted by molar-refractivity contribution is 6.30. The molecule has 1 amide bonds. The largest absolute Gasteiger partial charge is 0.478 e. The second-order valence-corrected chi connectivity index (χ2v) is 4.74. The van der Waals surface area contributed by atoms with Crippen LogP contribution in [0.15, 0.2) is 42.5 Å².